The molecule has 1 aliphatic rings. The predicted octanol–water partition coefficient (Wildman–Crippen LogP) is 3.65. The van der Waals surface area contributed by atoms with E-state index >= 15 is 0 Å². The molecule has 0 heterocycles. The van der Waals surface area contributed by atoms with Gasteiger partial charge in [-0.1, -0.05) is 44.5 Å². The molecule has 1 aromatic rings. The molecule has 1 aliphatic carbocycles. The van der Waals surface area contributed by atoms with Crippen molar-refractivity contribution in [3.63, 3.8) is 0 Å². The minimum Gasteiger partial charge on any atom is -0.385 e. The molecule has 0 saturated heterocycles. The van der Waals surface area contributed by atoms with Gasteiger partial charge in [-0.3, -0.25) is 0 Å². The molecule has 1 aromatic carbocycles. The van der Waals surface area contributed by atoms with Crippen LogP contribution in [0.4, 0.5) is 0 Å². The Morgan fingerprint density at radius 2 is 2.06 bits per heavy atom. The Balaban J connectivity index is 2.46. The first-order valence-corrected chi connectivity index (χ1v) is 6.49. The number of rotatable bonds is 2. The number of hydrogen-bond acceptors (Lipinski definition) is 1. The van der Waals surface area contributed by atoms with E-state index < -0.39 is 5.60 Å². The molecule has 0 radical (unpaired) electrons. The highest BCUT2D eigenvalue weighted by Crippen LogP contribution is 2.40. The molecule has 1 nitrogen and oxygen atoms in total. The second-order valence-electron chi connectivity index (χ2n) is 5.10. The van der Waals surface area contributed by atoms with Gasteiger partial charge in [0.2, 0.25) is 0 Å². The average molecular weight is 218 g/mol. The summed E-state index contributed by atoms with van der Waals surface area (Å²) in [5, 5.41) is 11.0. The summed E-state index contributed by atoms with van der Waals surface area (Å²) in [5.74, 6) is 0.340. The Kier molecular flexibility index (Phi) is 3.34. The van der Waals surface area contributed by atoms with Gasteiger partial charge in [0.15, 0.2) is 0 Å². The smallest absolute Gasteiger partial charge is 0.0924 e. The van der Waals surface area contributed by atoms with Gasteiger partial charge >= 0.3 is 0 Å². The lowest BCUT2D eigenvalue weighted by Crippen LogP contribution is -2.33. The van der Waals surface area contributed by atoms with Crippen molar-refractivity contribution in [3.05, 3.63) is 35.4 Å². The predicted molar refractivity (Wildman–Crippen MR) is 67.3 cm³/mol. The highest BCUT2D eigenvalue weighted by molar-refractivity contribution is 5.34. The van der Waals surface area contributed by atoms with Crippen molar-refractivity contribution in [1.29, 1.82) is 0 Å². The fraction of sp³-hybridized carbons (Fsp3) is 0.600. The Hall–Kier alpha value is -0.820. The first-order chi connectivity index (χ1) is 7.68. The van der Waals surface area contributed by atoms with Crippen molar-refractivity contribution in [2.75, 3.05) is 0 Å². The topological polar surface area (TPSA) is 20.2 Å². The second kappa shape index (κ2) is 4.58. The van der Waals surface area contributed by atoms with Gasteiger partial charge in [-0.15, -0.1) is 0 Å². The van der Waals surface area contributed by atoms with Gasteiger partial charge < -0.3 is 5.11 Å². The zero-order chi connectivity index (χ0) is 11.6. The van der Waals surface area contributed by atoms with Gasteiger partial charge in [-0.2, -0.15) is 0 Å². The van der Waals surface area contributed by atoms with Crippen LogP contribution >= 0.6 is 0 Å². The summed E-state index contributed by atoms with van der Waals surface area (Å²) in [5.41, 5.74) is 1.94. The average Bonchev–Trinajstić information content (AvgIpc) is 2.49. The minimum absolute atomic E-state index is 0.340. The van der Waals surface area contributed by atoms with Gasteiger partial charge in [0.05, 0.1) is 5.60 Å². The molecule has 88 valence electrons. The molecule has 1 N–H and O–H groups in total. The quantitative estimate of drug-likeness (QED) is 0.751. The zero-order valence-electron chi connectivity index (χ0n) is 10.4. The molecule has 2 rings (SSSR count). The Bertz CT molecular complexity index is 358. The maximum atomic E-state index is 11.0. The lowest BCUT2D eigenvalue weighted by molar-refractivity contribution is -0.0271. The fourth-order valence-electron chi connectivity index (χ4n) is 2.85. The number of fused-ring (bicyclic) bond motifs is 1. The summed E-state index contributed by atoms with van der Waals surface area (Å²) in [6.07, 6.45) is 5.41. The van der Waals surface area contributed by atoms with Gasteiger partial charge in [0, 0.05) is 0 Å². The van der Waals surface area contributed by atoms with Gasteiger partial charge in [0.25, 0.3) is 0 Å². The van der Waals surface area contributed by atoms with Crippen LogP contribution in [0.25, 0.3) is 0 Å². The third-order valence-electron chi connectivity index (χ3n) is 4.17. The molecule has 0 aromatic heterocycles. The highest BCUT2D eigenvalue weighted by Gasteiger charge is 2.36. The minimum atomic E-state index is -0.595. The van der Waals surface area contributed by atoms with E-state index in [-0.39, 0.29) is 0 Å². The molecule has 2 atom stereocenters. The highest BCUT2D eigenvalue weighted by atomic mass is 16.3. The lowest BCUT2D eigenvalue weighted by atomic mass is 9.77. The molecule has 2 unspecified atom stereocenters. The molecule has 0 fully saturated rings. The Morgan fingerprint density at radius 3 is 2.81 bits per heavy atom. The standard InChI is InChI=1S/C15H22O/c1-3-12(2)15(16)11-7-6-9-13-8-4-5-10-14(13)15/h4-5,8,10,12,16H,3,6-7,9,11H2,1-2H3. The van der Waals surface area contributed by atoms with Crippen LogP contribution in [0, 0.1) is 5.92 Å². The summed E-state index contributed by atoms with van der Waals surface area (Å²) >= 11 is 0. The molecule has 0 bridgehead atoms. The van der Waals surface area contributed by atoms with Crippen LogP contribution in [0.15, 0.2) is 24.3 Å². The first kappa shape index (κ1) is 11.7. The lowest BCUT2D eigenvalue weighted by Gasteiger charge is -2.34. The van der Waals surface area contributed by atoms with Gasteiger partial charge in [-0.25, -0.2) is 0 Å². The number of benzene rings is 1. The van der Waals surface area contributed by atoms with Crippen LogP contribution in [0.2, 0.25) is 0 Å². The molecular formula is C15H22O. The SMILES string of the molecule is CCC(C)C1(O)CCCCc2ccccc21. The number of aryl methyl sites for hydroxylation is 1. The molecule has 0 saturated carbocycles. The van der Waals surface area contributed by atoms with Crippen molar-refractivity contribution >= 4 is 0 Å². The molecular weight excluding hydrogens is 196 g/mol. The van der Waals surface area contributed by atoms with E-state index in [1.807, 2.05) is 0 Å². The summed E-state index contributed by atoms with van der Waals surface area (Å²) in [6, 6.07) is 8.43. The van der Waals surface area contributed by atoms with Crippen LogP contribution in [-0.2, 0) is 12.0 Å². The van der Waals surface area contributed by atoms with E-state index in [0.29, 0.717) is 5.92 Å². The van der Waals surface area contributed by atoms with Gasteiger partial charge in [0.1, 0.15) is 0 Å². The zero-order valence-corrected chi connectivity index (χ0v) is 10.4. The van der Waals surface area contributed by atoms with E-state index in [2.05, 4.69) is 38.1 Å². The summed E-state index contributed by atoms with van der Waals surface area (Å²) in [6.45, 7) is 4.33. The normalized spacial score (nSPS) is 26.9. The number of aliphatic hydroxyl groups is 1. The third kappa shape index (κ3) is 1.89. The number of hydrogen-bond donors (Lipinski definition) is 1. The third-order valence-corrected chi connectivity index (χ3v) is 4.17. The second-order valence-corrected chi connectivity index (χ2v) is 5.10. The molecule has 0 spiro atoms. The van der Waals surface area contributed by atoms with E-state index in [0.717, 1.165) is 25.7 Å². The van der Waals surface area contributed by atoms with Crippen molar-refractivity contribution in [3.8, 4) is 0 Å². The van der Waals surface area contributed by atoms with Crippen LogP contribution in [0.1, 0.15) is 50.7 Å². The van der Waals surface area contributed by atoms with E-state index in [9.17, 15) is 5.11 Å². The summed E-state index contributed by atoms with van der Waals surface area (Å²) in [7, 11) is 0. The van der Waals surface area contributed by atoms with Crippen LogP contribution in [0.5, 0.6) is 0 Å². The van der Waals surface area contributed by atoms with E-state index in [1.165, 1.54) is 17.5 Å². The molecule has 0 aliphatic heterocycles. The van der Waals surface area contributed by atoms with Crippen molar-refractivity contribution in [1.82, 2.24) is 0 Å². The fourth-order valence-corrected chi connectivity index (χ4v) is 2.85. The Morgan fingerprint density at radius 1 is 1.31 bits per heavy atom. The van der Waals surface area contributed by atoms with Crippen molar-refractivity contribution in [2.24, 2.45) is 5.92 Å². The van der Waals surface area contributed by atoms with Crippen LogP contribution in [-0.4, -0.2) is 5.11 Å². The maximum absolute atomic E-state index is 11.0. The van der Waals surface area contributed by atoms with Crippen LogP contribution < -0.4 is 0 Å². The first-order valence-electron chi connectivity index (χ1n) is 6.49. The van der Waals surface area contributed by atoms with Crippen molar-refractivity contribution in [2.45, 2.75) is 51.6 Å². The van der Waals surface area contributed by atoms with Crippen molar-refractivity contribution < 1.29 is 5.11 Å². The maximum Gasteiger partial charge on any atom is 0.0924 e. The monoisotopic (exact) mass is 218 g/mol. The Labute approximate surface area is 98.5 Å². The summed E-state index contributed by atoms with van der Waals surface area (Å²) in [4.78, 5) is 0. The van der Waals surface area contributed by atoms with E-state index in [1.54, 1.807) is 0 Å². The largest absolute Gasteiger partial charge is 0.385 e. The molecule has 1 heteroatoms. The molecule has 0 amide bonds. The summed E-state index contributed by atoms with van der Waals surface area (Å²) < 4.78 is 0. The molecule has 16 heavy (non-hydrogen) atoms. The van der Waals surface area contributed by atoms with E-state index in [4.69, 9.17) is 0 Å². The van der Waals surface area contributed by atoms with Crippen LogP contribution in [0.3, 0.4) is 0 Å². The van der Waals surface area contributed by atoms with Gasteiger partial charge in [-0.05, 0) is 42.7 Å².